The van der Waals surface area contributed by atoms with Crippen molar-refractivity contribution in [1.29, 1.82) is 0 Å². The molecular formula is C28H30F7N3O5. The van der Waals surface area contributed by atoms with Crippen molar-refractivity contribution in [2.75, 3.05) is 31.3 Å². The van der Waals surface area contributed by atoms with Crippen LogP contribution in [0, 0.1) is 0 Å². The Bertz CT molecular complexity index is 1240. The van der Waals surface area contributed by atoms with Gasteiger partial charge in [-0.15, -0.1) is 5.12 Å². The van der Waals surface area contributed by atoms with E-state index in [1.165, 1.54) is 24.3 Å². The number of carbonyl (C=O) groups excluding carboxylic acids is 2. The summed E-state index contributed by atoms with van der Waals surface area (Å²) in [6.45, 7) is 1.47. The molecule has 4 rings (SSSR count). The summed E-state index contributed by atoms with van der Waals surface area (Å²) in [5, 5.41) is 18.9. The zero-order valence-corrected chi connectivity index (χ0v) is 22.7. The highest BCUT2D eigenvalue weighted by Gasteiger charge is 2.71. The van der Waals surface area contributed by atoms with E-state index in [2.05, 4.69) is 0 Å². The Morgan fingerprint density at radius 2 is 1.37 bits per heavy atom. The van der Waals surface area contributed by atoms with Gasteiger partial charge in [-0.05, 0) is 55.5 Å². The van der Waals surface area contributed by atoms with Crippen molar-refractivity contribution >= 4 is 17.7 Å². The lowest BCUT2D eigenvalue weighted by Crippen LogP contribution is -2.53. The molecule has 1 saturated heterocycles. The third kappa shape index (κ3) is 7.21. The Labute approximate surface area is 242 Å². The number of amides is 2. The fourth-order valence-electron chi connectivity index (χ4n) is 5.08. The van der Waals surface area contributed by atoms with Gasteiger partial charge in [-0.1, -0.05) is 28.7 Å². The summed E-state index contributed by atoms with van der Waals surface area (Å²) < 4.78 is 98.3. The van der Waals surface area contributed by atoms with Crippen LogP contribution in [0.2, 0.25) is 0 Å². The molecule has 1 saturated carbocycles. The Morgan fingerprint density at radius 3 is 1.88 bits per heavy atom. The lowest BCUT2D eigenvalue weighted by atomic mass is 9.91. The zero-order valence-electron chi connectivity index (χ0n) is 22.7. The second-order valence-corrected chi connectivity index (χ2v) is 10.6. The van der Waals surface area contributed by atoms with E-state index in [1.54, 1.807) is 4.90 Å². The van der Waals surface area contributed by atoms with E-state index in [1.807, 2.05) is 4.90 Å². The highest BCUT2D eigenvalue weighted by Crippen LogP contribution is 2.50. The zero-order chi connectivity index (χ0) is 31.6. The lowest BCUT2D eigenvalue weighted by molar-refractivity contribution is -0.376. The molecule has 43 heavy (non-hydrogen) atoms. The van der Waals surface area contributed by atoms with E-state index in [9.17, 15) is 50.6 Å². The summed E-state index contributed by atoms with van der Waals surface area (Å²) in [4.78, 5) is 28.5. The Hall–Kier alpha value is -3.43. The molecule has 2 N–H and O–H groups in total. The van der Waals surface area contributed by atoms with Crippen LogP contribution in [0.4, 0.5) is 41.3 Å². The molecule has 2 fully saturated rings. The second-order valence-electron chi connectivity index (χ2n) is 10.6. The van der Waals surface area contributed by atoms with Gasteiger partial charge in [-0.2, -0.15) is 26.3 Å². The van der Waals surface area contributed by atoms with Crippen molar-refractivity contribution < 1.29 is 55.4 Å². The van der Waals surface area contributed by atoms with E-state index in [0.717, 1.165) is 12.1 Å². The smallest absolute Gasteiger partial charge is 0.443 e. The van der Waals surface area contributed by atoms with Gasteiger partial charge in [0.1, 0.15) is 6.10 Å². The van der Waals surface area contributed by atoms with Crippen LogP contribution in [0.1, 0.15) is 47.2 Å². The van der Waals surface area contributed by atoms with Gasteiger partial charge >= 0.3 is 18.4 Å². The quantitative estimate of drug-likeness (QED) is 0.345. The maximum absolute atomic E-state index is 14.6. The van der Waals surface area contributed by atoms with Gasteiger partial charge in [0.05, 0.1) is 11.8 Å². The molecule has 15 heteroatoms. The lowest BCUT2D eigenvalue weighted by Gasteiger charge is -2.35. The molecule has 2 amide bonds. The van der Waals surface area contributed by atoms with Gasteiger partial charge < -0.3 is 19.8 Å². The maximum Gasteiger partial charge on any atom is 0.443 e. The molecule has 2 aromatic rings. The van der Waals surface area contributed by atoms with Gasteiger partial charge in [0, 0.05) is 43.9 Å². The molecule has 0 bridgehead atoms. The highest BCUT2D eigenvalue weighted by atomic mass is 19.4. The SMILES string of the molecule is O=C(c1ccc(N(F)C(=O)OC2CCC(O)CC2)cc1)N1CCN(Cc2ccc(C(O)(C(F)(F)F)C(F)(F)F)cc2)CC1. The predicted octanol–water partition coefficient (Wildman–Crippen LogP) is 5.09. The number of nitrogens with zero attached hydrogens (tertiary/aromatic N) is 3. The first kappa shape index (κ1) is 32.5. The molecule has 1 heterocycles. The van der Waals surface area contributed by atoms with E-state index < -0.39 is 41.8 Å². The van der Waals surface area contributed by atoms with Crippen LogP contribution < -0.4 is 5.12 Å². The van der Waals surface area contributed by atoms with Crippen LogP contribution in [0.3, 0.4) is 0 Å². The number of alkyl halides is 6. The average Bonchev–Trinajstić information content (AvgIpc) is 2.97. The average molecular weight is 622 g/mol. The molecule has 2 aliphatic rings. The monoisotopic (exact) mass is 621 g/mol. The van der Waals surface area contributed by atoms with E-state index in [-0.39, 0.29) is 41.9 Å². The first-order chi connectivity index (χ1) is 20.1. The number of anilines is 1. The number of hydrogen-bond donors (Lipinski definition) is 2. The third-order valence-electron chi connectivity index (χ3n) is 7.67. The van der Waals surface area contributed by atoms with Gasteiger partial charge in [-0.3, -0.25) is 9.69 Å². The first-order valence-corrected chi connectivity index (χ1v) is 13.5. The summed E-state index contributed by atoms with van der Waals surface area (Å²) in [5.41, 5.74) is -5.79. The Kier molecular flexibility index (Phi) is 9.57. The summed E-state index contributed by atoms with van der Waals surface area (Å²) >= 11 is 0. The number of piperazine rings is 1. The van der Waals surface area contributed by atoms with Crippen molar-refractivity contribution in [3.8, 4) is 0 Å². The number of carbonyl (C=O) groups is 2. The Balaban J connectivity index is 1.28. The molecule has 8 nitrogen and oxygen atoms in total. The molecule has 1 aliphatic heterocycles. The molecule has 1 aliphatic carbocycles. The number of ether oxygens (including phenoxy) is 1. The number of hydrogen-bond acceptors (Lipinski definition) is 6. The fraction of sp³-hybridized carbons (Fsp3) is 0.500. The summed E-state index contributed by atoms with van der Waals surface area (Å²) in [6, 6.07) is 8.62. The van der Waals surface area contributed by atoms with Crippen LogP contribution in [0.15, 0.2) is 48.5 Å². The first-order valence-electron chi connectivity index (χ1n) is 13.5. The van der Waals surface area contributed by atoms with E-state index >= 15 is 0 Å². The number of aliphatic hydroxyl groups excluding tert-OH is 1. The molecule has 2 aromatic carbocycles. The topological polar surface area (TPSA) is 93.5 Å². The van der Waals surface area contributed by atoms with Crippen molar-refractivity contribution in [1.82, 2.24) is 9.80 Å². The Morgan fingerprint density at radius 1 is 0.837 bits per heavy atom. The minimum atomic E-state index is -5.96. The third-order valence-corrected chi connectivity index (χ3v) is 7.67. The number of rotatable bonds is 6. The van der Waals surface area contributed by atoms with Crippen LogP contribution in [0.5, 0.6) is 0 Å². The normalized spacial score (nSPS) is 20.5. The van der Waals surface area contributed by atoms with Crippen LogP contribution in [-0.2, 0) is 16.9 Å². The molecule has 0 unspecified atom stereocenters. The van der Waals surface area contributed by atoms with Crippen molar-refractivity contribution in [3.63, 3.8) is 0 Å². The molecule has 0 atom stereocenters. The molecule has 236 valence electrons. The van der Waals surface area contributed by atoms with Gasteiger partial charge in [-0.25, -0.2) is 4.79 Å². The van der Waals surface area contributed by atoms with Gasteiger partial charge in [0.15, 0.2) is 0 Å². The summed E-state index contributed by atoms with van der Waals surface area (Å²) in [6.07, 6.45) is -12.3. The minimum absolute atomic E-state index is 0.128. The fourth-order valence-corrected chi connectivity index (χ4v) is 5.08. The van der Waals surface area contributed by atoms with Crippen molar-refractivity contribution in [2.24, 2.45) is 0 Å². The standard InChI is InChI=1S/C28H30F7N3O5/c29-27(30,31)26(42,28(32,33)34)20-5-1-18(2-6-20)17-36-13-15-37(16-14-36)24(40)19-3-7-21(8-4-19)38(35)25(41)43-23-11-9-22(39)10-12-23/h1-8,22-23,39,42H,9-17H2. The number of halogens is 7. The summed E-state index contributed by atoms with van der Waals surface area (Å²) in [5.74, 6) is -0.345. The van der Waals surface area contributed by atoms with Crippen LogP contribution in [-0.4, -0.2) is 82.8 Å². The molecule has 0 radical (unpaired) electrons. The number of aliphatic hydroxyl groups is 2. The van der Waals surface area contributed by atoms with Crippen molar-refractivity contribution in [2.45, 2.75) is 62.4 Å². The van der Waals surface area contributed by atoms with Crippen molar-refractivity contribution in [3.05, 3.63) is 65.2 Å². The summed E-state index contributed by atoms with van der Waals surface area (Å²) in [7, 11) is 0. The largest absolute Gasteiger partial charge is 0.444 e. The van der Waals surface area contributed by atoms with Crippen LogP contribution in [0.25, 0.3) is 0 Å². The second kappa shape index (κ2) is 12.7. The maximum atomic E-state index is 14.6. The van der Waals surface area contributed by atoms with E-state index in [0.29, 0.717) is 56.5 Å². The highest BCUT2D eigenvalue weighted by molar-refractivity contribution is 5.95. The molecule has 0 spiro atoms. The predicted molar refractivity (Wildman–Crippen MR) is 138 cm³/mol. The van der Waals surface area contributed by atoms with Gasteiger partial charge in [0.2, 0.25) is 0 Å². The molecule has 0 aromatic heterocycles. The number of benzene rings is 2. The minimum Gasteiger partial charge on any atom is -0.444 e. The van der Waals surface area contributed by atoms with Gasteiger partial charge in [0.25, 0.3) is 11.5 Å². The van der Waals surface area contributed by atoms with E-state index in [4.69, 9.17) is 4.74 Å². The van der Waals surface area contributed by atoms with Crippen LogP contribution >= 0.6 is 0 Å². The molecular weight excluding hydrogens is 591 g/mol.